The van der Waals surface area contributed by atoms with Crippen molar-refractivity contribution in [3.8, 4) is 5.75 Å². The van der Waals surface area contributed by atoms with Gasteiger partial charge in [-0.3, -0.25) is 14.5 Å². The van der Waals surface area contributed by atoms with Crippen LogP contribution in [0.1, 0.15) is 56.2 Å². The van der Waals surface area contributed by atoms with Gasteiger partial charge in [-0.1, -0.05) is 36.3 Å². The van der Waals surface area contributed by atoms with Crippen LogP contribution in [-0.2, 0) is 14.3 Å². The highest BCUT2D eigenvalue weighted by atomic mass is 16.5. The van der Waals surface area contributed by atoms with Crippen molar-refractivity contribution in [1.29, 1.82) is 0 Å². The fourth-order valence-electron chi connectivity index (χ4n) is 6.68. The van der Waals surface area contributed by atoms with Crippen molar-refractivity contribution < 1.29 is 29.5 Å². The van der Waals surface area contributed by atoms with Crippen molar-refractivity contribution in [2.24, 2.45) is 17.8 Å². The molecule has 8 heteroatoms. The highest BCUT2D eigenvalue weighted by Gasteiger charge is 2.57. The number of phenols is 1. The van der Waals surface area contributed by atoms with Crippen LogP contribution in [0.2, 0.25) is 0 Å². The third-order valence-electron chi connectivity index (χ3n) is 8.59. The van der Waals surface area contributed by atoms with Gasteiger partial charge in [-0.25, -0.2) is 0 Å². The first kappa shape index (κ1) is 27.4. The number of aryl methyl sites for hydroxylation is 2. The summed E-state index contributed by atoms with van der Waals surface area (Å²) in [6, 6.07) is 10.3. The number of hydrogen-bond donors (Lipinski definition) is 3. The maximum Gasteiger partial charge on any atom is 0.488 e. The first-order valence-corrected chi connectivity index (χ1v) is 13.7. The normalized spacial score (nSPS) is 24.9. The van der Waals surface area contributed by atoms with E-state index in [9.17, 15) is 24.7 Å². The van der Waals surface area contributed by atoms with Gasteiger partial charge in [-0.2, -0.15) is 0 Å². The number of aromatic hydroxyl groups is 1. The molecule has 1 aliphatic carbocycles. The Hall–Kier alpha value is -3.20. The average Bonchev–Trinajstić information content (AvgIpc) is 3.43. The number of rotatable bonds is 7. The van der Waals surface area contributed by atoms with Gasteiger partial charge in [0.15, 0.2) is 0 Å². The van der Waals surface area contributed by atoms with Crippen molar-refractivity contribution in [2.45, 2.75) is 59.5 Å². The largest absolute Gasteiger partial charge is 0.507 e. The number of carbonyl (C=O) groups is 2. The maximum atomic E-state index is 13.7. The summed E-state index contributed by atoms with van der Waals surface area (Å²) in [5.74, 6) is -1.12. The zero-order chi connectivity index (χ0) is 28.0. The molecule has 0 saturated carbocycles. The molecule has 2 aliphatic heterocycles. The number of imide groups is 1. The third-order valence-corrected chi connectivity index (χ3v) is 8.59. The average molecular weight is 529 g/mol. The van der Waals surface area contributed by atoms with Gasteiger partial charge in [-0.15, -0.1) is 0 Å². The van der Waals surface area contributed by atoms with Gasteiger partial charge in [0.2, 0.25) is 11.8 Å². The molecule has 0 aromatic heterocycles. The second-order valence-electron chi connectivity index (χ2n) is 11.2. The van der Waals surface area contributed by atoms with Crippen LogP contribution < -0.4 is 10.4 Å². The minimum Gasteiger partial charge on any atom is -0.507 e. The molecule has 5 rings (SSSR count). The highest BCUT2D eigenvalue weighted by molar-refractivity contribution is 6.58. The maximum absolute atomic E-state index is 13.7. The summed E-state index contributed by atoms with van der Waals surface area (Å²) < 4.78 is 6.30. The van der Waals surface area contributed by atoms with Crippen LogP contribution in [-0.4, -0.2) is 46.8 Å². The summed E-state index contributed by atoms with van der Waals surface area (Å²) in [7, 11) is -1.68. The minimum atomic E-state index is -1.68. The molecule has 2 aromatic rings. The van der Waals surface area contributed by atoms with Gasteiger partial charge in [0.25, 0.3) is 0 Å². The lowest BCUT2D eigenvalue weighted by atomic mass is 9.69. The first-order chi connectivity index (χ1) is 18.6. The molecule has 0 bridgehead atoms. The van der Waals surface area contributed by atoms with E-state index < -0.39 is 19.0 Å². The molecule has 0 spiro atoms. The summed E-state index contributed by atoms with van der Waals surface area (Å²) in [4.78, 5) is 28.4. The Morgan fingerprint density at radius 3 is 2.49 bits per heavy atom. The molecule has 7 nitrogen and oxygen atoms in total. The topological polar surface area (TPSA) is 107 Å². The van der Waals surface area contributed by atoms with Gasteiger partial charge < -0.3 is 19.9 Å². The second kappa shape index (κ2) is 10.8. The number of nitrogens with zero attached hydrogens (tertiary/aromatic N) is 1. The summed E-state index contributed by atoms with van der Waals surface area (Å²) in [6.45, 7) is 8.43. The van der Waals surface area contributed by atoms with Crippen LogP contribution in [0, 0.1) is 31.6 Å². The Labute approximate surface area is 229 Å². The number of benzene rings is 2. The Bertz CT molecular complexity index is 1360. The molecular formula is C31H36BNO6. The van der Waals surface area contributed by atoms with Crippen LogP contribution >= 0.6 is 0 Å². The van der Waals surface area contributed by atoms with E-state index in [0.29, 0.717) is 24.5 Å². The van der Waals surface area contributed by atoms with E-state index in [0.717, 1.165) is 36.0 Å². The molecule has 39 heavy (non-hydrogen) atoms. The molecule has 2 saturated heterocycles. The van der Waals surface area contributed by atoms with Gasteiger partial charge >= 0.3 is 7.12 Å². The Morgan fingerprint density at radius 1 is 1.10 bits per heavy atom. The molecule has 3 N–H and O–H groups in total. The Kier molecular flexibility index (Phi) is 7.55. The fraction of sp³-hybridized carbons (Fsp3) is 0.419. The van der Waals surface area contributed by atoms with Crippen molar-refractivity contribution in [2.75, 3.05) is 11.5 Å². The van der Waals surface area contributed by atoms with Gasteiger partial charge in [-0.05, 0) is 98.4 Å². The lowest BCUT2D eigenvalue weighted by molar-refractivity contribution is -0.122. The molecule has 2 fully saturated rings. The summed E-state index contributed by atoms with van der Waals surface area (Å²) >= 11 is 0. The predicted molar refractivity (Wildman–Crippen MR) is 151 cm³/mol. The van der Waals surface area contributed by atoms with Crippen LogP contribution in [0.3, 0.4) is 0 Å². The molecule has 2 heterocycles. The van der Waals surface area contributed by atoms with Crippen LogP contribution in [0.4, 0.5) is 5.69 Å². The molecule has 4 atom stereocenters. The lowest BCUT2D eigenvalue weighted by Crippen LogP contribution is -2.35. The number of ether oxygens (including phenoxy) is 1. The SMILES string of the molecule is CCC1=C2[C@@H](CC/C(C)=C/c3cc(C)c(O)c(C)c3)OC[C@@H]2[C@@H]2C(=O)N(c3cccc(B(O)O)c3)C(=O)[C@@H]2C1. The molecule has 204 valence electrons. The number of fused-ring (bicyclic) bond motifs is 3. The number of hydrogen-bond acceptors (Lipinski definition) is 6. The minimum absolute atomic E-state index is 0.0812. The second-order valence-corrected chi connectivity index (χ2v) is 11.2. The van der Waals surface area contributed by atoms with Crippen molar-refractivity contribution in [3.63, 3.8) is 0 Å². The van der Waals surface area contributed by atoms with Gasteiger partial charge in [0, 0.05) is 5.92 Å². The number of carbonyl (C=O) groups excluding carboxylic acids is 2. The Balaban J connectivity index is 1.35. The van der Waals surface area contributed by atoms with Crippen LogP contribution in [0.15, 0.2) is 53.1 Å². The lowest BCUT2D eigenvalue weighted by Gasteiger charge is -2.31. The van der Waals surface area contributed by atoms with E-state index in [1.54, 1.807) is 18.2 Å². The predicted octanol–water partition coefficient (Wildman–Crippen LogP) is 3.80. The highest BCUT2D eigenvalue weighted by Crippen LogP contribution is 2.51. The van der Waals surface area contributed by atoms with E-state index in [4.69, 9.17) is 4.74 Å². The first-order valence-electron chi connectivity index (χ1n) is 13.7. The summed E-state index contributed by atoms with van der Waals surface area (Å²) in [5.41, 5.74) is 7.02. The van der Waals surface area contributed by atoms with Crippen molar-refractivity contribution in [1.82, 2.24) is 0 Å². The molecule has 0 unspecified atom stereocenters. The van der Waals surface area contributed by atoms with Crippen molar-refractivity contribution in [3.05, 3.63) is 69.8 Å². The third kappa shape index (κ3) is 4.97. The fourth-order valence-corrected chi connectivity index (χ4v) is 6.68. The number of allylic oxidation sites excluding steroid dienone is 2. The number of amides is 2. The molecule has 0 radical (unpaired) electrons. The Morgan fingerprint density at radius 2 is 1.82 bits per heavy atom. The quantitative estimate of drug-likeness (QED) is 0.286. The zero-order valence-corrected chi connectivity index (χ0v) is 23.0. The van der Waals surface area contributed by atoms with E-state index >= 15 is 0 Å². The standard InChI is InChI=1S/C31H36BNO6/c1-5-21-14-24-28(31(36)33(30(24)35)23-8-6-7-22(15-23)32(37)38)25-16-39-26(27(21)25)10-9-17(2)11-20-12-18(3)29(34)19(4)13-20/h6-8,11-13,15,24-26,28,34,37-38H,5,9-10,14,16H2,1-4H3/b17-11+/t24-,25+,26-,28-/m1/s1. The van der Waals surface area contributed by atoms with Gasteiger partial charge in [0.05, 0.1) is 30.2 Å². The van der Waals surface area contributed by atoms with E-state index in [-0.39, 0.29) is 29.3 Å². The monoisotopic (exact) mass is 529 g/mol. The van der Waals surface area contributed by atoms with E-state index in [1.807, 2.05) is 26.0 Å². The van der Waals surface area contributed by atoms with Crippen LogP contribution in [0.5, 0.6) is 5.75 Å². The molecular weight excluding hydrogens is 493 g/mol. The smallest absolute Gasteiger partial charge is 0.488 e. The summed E-state index contributed by atoms with van der Waals surface area (Å²) in [5, 5.41) is 29.2. The number of anilines is 1. The zero-order valence-electron chi connectivity index (χ0n) is 23.0. The molecule has 2 amide bonds. The molecule has 3 aliphatic rings. The van der Waals surface area contributed by atoms with Crippen molar-refractivity contribution >= 4 is 36.2 Å². The van der Waals surface area contributed by atoms with E-state index in [1.165, 1.54) is 27.7 Å². The van der Waals surface area contributed by atoms with Gasteiger partial charge in [0.1, 0.15) is 5.75 Å². The number of phenolic OH excluding ortho intramolecular Hbond substituents is 1. The van der Waals surface area contributed by atoms with Crippen LogP contribution in [0.25, 0.3) is 6.08 Å². The van der Waals surface area contributed by atoms with E-state index in [2.05, 4.69) is 19.9 Å². The molecule has 2 aromatic carbocycles. The summed E-state index contributed by atoms with van der Waals surface area (Å²) in [6.07, 6.45) is 5.06.